The number of rotatable bonds is 1. The third-order valence-electron chi connectivity index (χ3n) is 3.12. The Balaban J connectivity index is 1.97. The summed E-state index contributed by atoms with van der Waals surface area (Å²) in [5.41, 5.74) is -0.139. The summed E-state index contributed by atoms with van der Waals surface area (Å²) in [7, 11) is 3.40. The van der Waals surface area contributed by atoms with Gasteiger partial charge in [-0.15, -0.1) is 0 Å². The van der Waals surface area contributed by atoms with Crippen molar-refractivity contribution in [1.29, 1.82) is 0 Å². The number of H-pyrrole nitrogens is 1. The normalized spacial score (nSPS) is 15.1. The number of carbonyl (C=O) groups is 2. The quantitative estimate of drug-likeness (QED) is 0.729. The molecule has 1 aromatic rings. The molecule has 0 aromatic carbocycles. The van der Waals surface area contributed by atoms with Gasteiger partial charge in [-0.1, -0.05) is 0 Å². The molecule has 1 aliphatic heterocycles. The lowest BCUT2D eigenvalue weighted by molar-refractivity contribution is 0.0643. The minimum Gasteiger partial charge on any atom is -0.334 e. The molecule has 1 saturated heterocycles. The summed E-state index contributed by atoms with van der Waals surface area (Å²) in [6.07, 6.45) is 0. The SMILES string of the molecule is CN(C)C(=O)N1CCN(C(=O)c2ccc(=O)[nH]n2)CC1. The van der Waals surface area contributed by atoms with Gasteiger partial charge < -0.3 is 14.7 Å². The topological polar surface area (TPSA) is 89.6 Å². The van der Waals surface area contributed by atoms with Gasteiger partial charge in [-0.2, -0.15) is 5.10 Å². The molecule has 1 aromatic heterocycles. The van der Waals surface area contributed by atoms with E-state index in [0.29, 0.717) is 26.2 Å². The highest BCUT2D eigenvalue weighted by Crippen LogP contribution is 2.07. The summed E-state index contributed by atoms with van der Waals surface area (Å²) in [5.74, 6) is -0.238. The number of nitrogens with zero attached hydrogens (tertiary/aromatic N) is 4. The molecule has 0 aliphatic carbocycles. The molecule has 0 unspecified atom stereocenters. The van der Waals surface area contributed by atoms with Crippen molar-refractivity contribution in [2.24, 2.45) is 0 Å². The van der Waals surface area contributed by atoms with Crippen molar-refractivity contribution in [3.63, 3.8) is 0 Å². The van der Waals surface area contributed by atoms with Crippen LogP contribution in [0.2, 0.25) is 0 Å². The maximum atomic E-state index is 12.1. The first-order valence-electron chi connectivity index (χ1n) is 6.30. The summed E-state index contributed by atoms with van der Waals surface area (Å²) in [4.78, 5) is 39.7. The van der Waals surface area contributed by atoms with Crippen molar-refractivity contribution in [3.05, 3.63) is 28.2 Å². The maximum Gasteiger partial charge on any atom is 0.319 e. The van der Waals surface area contributed by atoms with Crippen molar-refractivity contribution in [2.45, 2.75) is 0 Å². The first-order chi connectivity index (χ1) is 9.49. The second-order valence-electron chi connectivity index (χ2n) is 4.76. The van der Waals surface area contributed by atoms with Gasteiger partial charge in [0.25, 0.3) is 11.5 Å². The van der Waals surface area contributed by atoms with Gasteiger partial charge in [-0.05, 0) is 6.07 Å². The fourth-order valence-corrected chi connectivity index (χ4v) is 2.01. The average molecular weight is 279 g/mol. The Morgan fingerprint density at radius 1 is 1.15 bits per heavy atom. The van der Waals surface area contributed by atoms with Crippen LogP contribution in [-0.4, -0.2) is 77.1 Å². The monoisotopic (exact) mass is 279 g/mol. The lowest BCUT2D eigenvalue weighted by Crippen LogP contribution is -2.53. The van der Waals surface area contributed by atoms with Gasteiger partial charge in [-0.25, -0.2) is 9.89 Å². The second kappa shape index (κ2) is 5.72. The van der Waals surface area contributed by atoms with Crippen molar-refractivity contribution >= 4 is 11.9 Å². The Labute approximate surface area is 116 Å². The van der Waals surface area contributed by atoms with E-state index in [1.807, 2.05) is 0 Å². The van der Waals surface area contributed by atoms with E-state index >= 15 is 0 Å². The molecular weight excluding hydrogens is 262 g/mol. The Kier molecular flexibility index (Phi) is 4.02. The minimum absolute atomic E-state index is 0.0562. The van der Waals surface area contributed by atoms with Crippen molar-refractivity contribution in [2.75, 3.05) is 40.3 Å². The maximum absolute atomic E-state index is 12.1. The number of carbonyl (C=O) groups excluding carboxylic acids is 2. The van der Waals surface area contributed by atoms with Crippen LogP contribution < -0.4 is 5.56 Å². The summed E-state index contributed by atoms with van der Waals surface area (Å²) in [6, 6.07) is 2.61. The molecule has 3 amide bonds. The van der Waals surface area contributed by atoms with Crippen LogP contribution in [0.4, 0.5) is 4.79 Å². The summed E-state index contributed by atoms with van der Waals surface area (Å²) in [6.45, 7) is 1.90. The Morgan fingerprint density at radius 3 is 2.25 bits per heavy atom. The van der Waals surface area contributed by atoms with Gasteiger partial charge in [0.05, 0.1) is 0 Å². The van der Waals surface area contributed by atoms with Crippen molar-refractivity contribution < 1.29 is 9.59 Å². The predicted molar refractivity (Wildman–Crippen MR) is 71.4 cm³/mol. The zero-order valence-corrected chi connectivity index (χ0v) is 11.5. The Hall–Kier alpha value is -2.38. The van der Waals surface area contributed by atoms with Crippen LogP contribution in [-0.2, 0) is 0 Å². The molecule has 108 valence electrons. The molecule has 0 bridgehead atoms. The Bertz CT molecular complexity index is 540. The molecule has 0 atom stereocenters. The number of aromatic nitrogens is 2. The van der Waals surface area contributed by atoms with E-state index in [1.54, 1.807) is 23.9 Å². The third-order valence-corrected chi connectivity index (χ3v) is 3.12. The fourth-order valence-electron chi connectivity index (χ4n) is 2.01. The van der Waals surface area contributed by atoms with E-state index in [2.05, 4.69) is 10.2 Å². The van der Waals surface area contributed by atoms with E-state index in [-0.39, 0.29) is 23.2 Å². The number of aromatic amines is 1. The first-order valence-corrected chi connectivity index (χ1v) is 6.30. The molecule has 1 N–H and O–H groups in total. The van der Waals surface area contributed by atoms with E-state index in [1.165, 1.54) is 17.0 Å². The van der Waals surface area contributed by atoms with Gasteiger partial charge in [0.1, 0.15) is 5.69 Å². The summed E-state index contributed by atoms with van der Waals surface area (Å²) in [5, 5.41) is 5.96. The van der Waals surface area contributed by atoms with Gasteiger partial charge >= 0.3 is 6.03 Å². The highest BCUT2D eigenvalue weighted by molar-refractivity contribution is 5.92. The van der Waals surface area contributed by atoms with Crippen LogP contribution in [0.3, 0.4) is 0 Å². The summed E-state index contributed by atoms with van der Waals surface area (Å²) < 4.78 is 0. The predicted octanol–water partition coefficient (Wildman–Crippen LogP) is -0.791. The van der Waals surface area contributed by atoms with Crippen LogP contribution in [0.25, 0.3) is 0 Å². The van der Waals surface area contributed by atoms with Gasteiger partial charge in [0.2, 0.25) is 0 Å². The number of nitrogens with one attached hydrogen (secondary N) is 1. The van der Waals surface area contributed by atoms with E-state index in [4.69, 9.17) is 0 Å². The number of hydrogen-bond acceptors (Lipinski definition) is 4. The molecule has 2 heterocycles. The number of amides is 3. The van der Waals surface area contributed by atoms with Crippen LogP contribution in [0, 0.1) is 0 Å². The van der Waals surface area contributed by atoms with E-state index < -0.39 is 0 Å². The first kappa shape index (κ1) is 14.0. The van der Waals surface area contributed by atoms with Gasteiger partial charge in [-0.3, -0.25) is 9.59 Å². The van der Waals surface area contributed by atoms with Gasteiger partial charge in [0.15, 0.2) is 0 Å². The standard InChI is InChI=1S/C12H17N5O3/c1-15(2)12(20)17-7-5-16(6-8-17)11(19)9-3-4-10(18)14-13-9/h3-4H,5-8H2,1-2H3,(H,14,18). The number of hydrogen-bond donors (Lipinski definition) is 1. The summed E-state index contributed by atoms with van der Waals surface area (Å²) >= 11 is 0. The highest BCUT2D eigenvalue weighted by Gasteiger charge is 2.26. The van der Waals surface area contributed by atoms with E-state index in [9.17, 15) is 14.4 Å². The lowest BCUT2D eigenvalue weighted by atomic mass is 10.2. The van der Waals surface area contributed by atoms with E-state index in [0.717, 1.165) is 0 Å². The van der Waals surface area contributed by atoms with Crippen LogP contribution >= 0.6 is 0 Å². The smallest absolute Gasteiger partial charge is 0.319 e. The number of urea groups is 1. The molecule has 2 rings (SSSR count). The lowest BCUT2D eigenvalue weighted by Gasteiger charge is -2.35. The largest absolute Gasteiger partial charge is 0.334 e. The van der Waals surface area contributed by atoms with Crippen LogP contribution in [0.5, 0.6) is 0 Å². The molecular formula is C12H17N5O3. The third kappa shape index (κ3) is 2.95. The van der Waals surface area contributed by atoms with Crippen LogP contribution in [0.15, 0.2) is 16.9 Å². The molecule has 0 spiro atoms. The zero-order valence-electron chi connectivity index (χ0n) is 11.5. The highest BCUT2D eigenvalue weighted by atomic mass is 16.2. The molecule has 20 heavy (non-hydrogen) atoms. The molecule has 0 saturated carbocycles. The Morgan fingerprint density at radius 2 is 1.75 bits per heavy atom. The molecule has 8 nitrogen and oxygen atoms in total. The molecule has 1 aliphatic rings. The second-order valence-corrected chi connectivity index (χ2v) is 4.76. The van der Waals surface area contributed by atoms with Crippen molar-refractivity contribution in [1.82, 2.24) is 24.9 Å². The molecule has 8 heteroatoms. The molecule has 1 fully saturated rings. The average Bonchev–Trinajstić information content (AvgIpc) is 2.46. The zero-order chi connectivity index (χ0) is 14.7. The minimum atomic E-state index is -0.344. The van der Waals surface area contributed by atoms with Crippen LogP contribution in [0.1, 0.15) is 10.5 Å². The van der Waals surface area contributed by atoms with Gasteiger partial charge in [0, 0.05) is 46.3 Å². The molecule has 0 radical (unpaired) electrons. The van der Waals surface area contributed by atoms with Crippen molar-refractivity contribution in [3.8, 4) is 0 Å². The number of piperazine rings is 1. The fraction of sp³-hybridized carbons (Fsp3) is 0.500.